The molecule has 0 unspecified atom stereocenters. The van der Waals surface area contributed by atoms with Gasteiger partial charge in [-0.3, -0.25) is 14.9 Å². The fourth-order valence-electron chi connectivity index (χ4n) is 2.97. The summed E-state index contributed by atoms with van der Waals surface area (Å²) in [7, 11) is -2.51. The molecule has 0 radical (unpaired) electrons. The van der Waals surface area contributed by atoms with Gasteiger partial charge in [0.15, 0.2) is 12.4 Å². The van der Waals surface area contributed by atoms with E-state index in [1.807, 2.05) is 0 Å². The van der Waals surface area contributed by atoms with E-state index in [9.17, 15) is 23.3 Å². The Morgan fingerprint density at radius 1 is 1.22 bits per heavy atom. The van der Waals surface area contributed by atoms with Gasteiger partial charge in [0.1, 0.15) is 5.75 Å². The molecule has 0 aliphatic carbocycles. The Kier molecular flexibility index (Phi) is 7.51. The lowest BCUT2D eigenvalue weighted by molar-refractivity contribution is -0.386. The van der Waals surface area contributed by atoms with Crippen molar-refractivity contribution in [1.82, 2.24) is 4.31 Å². The summed E-state index contributed by atoms with van der Waals surface area (Å²) >= 11 is 5.92. The minimum Gasteiger partial charge on any atom is -0.495 e. The summed E-state index contributed by atoms with van der Waals surface area (Å²) < 4.78 is 42.3. The second-order valence-electron chi connectivity index (χ2n) is 6.58. The molecule has 2 aromatic rings. The van der Waals surface area contributed by atoms with E-state index in [0.717, 1.165) is 12.1 Å². The van der Waals surface area contributed by atoms with Crippen molar-refractivity contribution >= 4 is 38.9 Å². The first-order valence-corrected chi connectivity index (χ1v) is 11.2. The maximum Gasteiger partial charge on any atom is 0.312 e. The maximum absolute atomic E-state index is 12.8. The number of carbonyl (C=O) groups is 1. The summed E-state index contributed by atoms with van der Waals surface area (Å²) in [5, 5.41) is 14.4. The molecular formula is C19H20ClN3O8S. The second-order valence-corrected chi connectivity index (χ2v) is 8.96. The number of sulfonamides is 1. The quantitative estimate of drug-likeness (QED) is 0.444. The Balaban J connectivity index is 1.75. The van der Waals surface area contributed by atoms with Crippen LogP contribution in [0.3, 0.4) is 0 Å². The van der Waals surface area contributed by atoms with E-state index < -0.39 is 33.1 Å². The zero-order valence-electron chi connectivity index (χ0n) is 16.9. The van der Waals surface area contributed by atoms with Crippen molar-refractivity contribution in [3.05, 3.63) is 51.5 Å². The predicted octanol–water partition coefficient (Wildman–Crippen LogP) is 2.30. The molecule has 1 N–H and O–H groups in total. The van der Waals surface area contributed by atoms with Gasteiger partial charge in [0, 0.05) is 24.2 Å². The van der Waals surface area contributed by atoms with Crippen molar-refractivity contribution in [3.8, 4) is 11.5 Å². The van der Waals surface area contributed by atoms with Crippen LogP contribution in [0.1, 0.15) is 0 Å². The number of nitro groups is 1. The Labute approximate surface area is 189 Å². The molecule has 13 heteroatoms. The summed E-state index contributed by atoms with van der Waals surface area (Å²) in [6.07, 6.45) is 0. The Hall–Kier alpha value is -2.93. The molecule has 0 bridgehead atoms. The predicted molar refractivity (Wildman–Crippen MR) is 115 cm³/mol. The molecule has 32 heavy (non-hydrogen) atoms. The molecule has 1 aliphatic rings. The number of amides is 1. The van der Waals surface area contributed by atoms with Crippen molar-refractivity contribution < 1.29 is 32.3 Å². The van der Waals surface area contributed by atoms with Gasteiger partial charge in [0.2, 0.25) is 10.0 Å². The smallest absolute Gasteiger partial charge is 0.312 e. The number of nitro benzene ring substituents is 1. The molecule has 0 spiro atoms. The van der Waals surface area contributed by atoms with Gasteiger partial charge in [-0.15, -0.1) is 0 Å². The SMILES string of the molecule is COc1ccc(Cl)cc1NC(=O)COc1ccc(S(=O)(=O)N2CCOCC2)cc1[N+](=O)[O-]. The number of nitrogens with one attached hydrogen (secondary N) is 1. The van der Waals surface area contributed by atoms with Gasteiger partial charge >= 0.3 is 5.69 Å². The van der Waals surface area contributed by atoms with Crippen molar-refractivity contribution in [2.45, 2.75) is 4.90 Å². The number of halogens is 1. The molecule has 172 valence electrons. The average molecular weight is 486 g/mol. The van der Waals surface area contributed by atoms with Crippen molar-refractivity contribution in [1.29, 1.82) is 0 Å². The molecule has 11 nitrogen and oxygen atoms in total. The van der Waals surface area contributed by atoms with Gasteiger partial charge < -0.3 is 19.5 Å². The number of nitrogens with zero attached hydrogens (tertiary/aromatic N) is 2. The van der Waals surface area contributed by atoms with Crippen LogP contribution in [-0.2, 0) is 19.6 Å². The highest BCUT2D eigenvalue weighted by Gasteiger charge is 2.29. The summed E-state index contributed by atoms with van der Waals surface area (Å²) in [5.74, 6) is -0.500. The number of ether oxygens (including phenoxy) is 3. The van der Waals surface area contributed by atoms with Crippen LogP contribution >= 0.6 is 11.6 Å². The van der Waals surface area contributed by atoms with Gasteiger partial charge in [-0.1, -0.05) is 11.6 Å². The minimum absolute atomic E-state index is 0.154. The molecule has 1 amide bonds. The topological polar surface area (TPSA) is 137 Å². The monoisotopic (exact) mass is 485 g/mol. The van der Waals surface area contributed by atoms with E-state index in [2.05, 4.69) is 5.32 Å². The first-order valence-electron chi connectivity index (χ1n) is 9.35. The number of benzene rings is 2. The minimum atomic E-state index is -3.93. The molecule has 0 saturated carbocycles. The molecular weight excluding hydrogens is 466 g/mol. The molecule has 0 atom stereocenters. The number of hydrogen-bond donors (Lipinski definition) is 1. The summed E-state index contributed by atoms with van der Waals surface area (Å²) in [4.78, 5) is 22.7. The Bertz CT molecular complexity index is 1120. The molecule has 3 rings (SSSR count). The third kappa shape index (κ3) is 5.46. The van der Waals surface area contributed by atoms with E-state index in [0.29, 0.717) is 16.5 Å². The average Bonchev–Trinajstić information content (AvgIpc) is 2.78. The largest absolute Gasteiger partial charge is 0.495 e. The fourth-order valence-corrected chi connectivity index (χ4v) is 4.57. The van der Waals surface area contributed by atoms with Gasteiger partial charge in [-0.25, -0.2) is 8.42 Å². The first-order chi connectivity index (χ1) is 15.2. The van der Waals surface area contributed by atoms with Crippen LogP contribution in [0.2, 0.25) is 5.02 Å². The maximum atomic E-state index is 12.8. The van der Waals surface area contributed by atoms with E-state index in [1.165, 1.54) is 23.5 Å². The highest BCUT2D eigenvalue weighted by atomic mass is 35.5. The summed E-state index contributed by atoms with van der Waals surface area (Å²) in [6, 6.07) is 7.90. The van der Waals surface area contributed by atoms with Gasteiger partial charge in [-0.2, -0.15) is 4.31 Å². The van der Waals surface area contributed by atoms with Crippen LogP contribution in [-0.4, -0.2) is 63.6 Å². The van der Waals surface area contributed by atoms with E-state index in [4.69, 9.17) is 25.8 Å². The summed E-state index contributed by atoms with van der Waals surface area (Å²) in [6.45, 7) is 0.235. The lowest BCUT2D eigenvalue weighted by Crippen LogP contribution is -2.40. The van der Waals surface area contributed by atoms with Crippen LogP contribution in [0, 0.1) is 10.1 Å². The Morgan fingerprint density at radius 2 is 1.91 bits per heavy atom. The summed E-state index contributed by atoms with van der Waals surface area (Å²) in [5.41, 5.74) is -0.275. The molecule has 1 heterocycles. The van der Waals surface area contributed by atoms with Crippen LogP contribution in [0.5, 0.6) is 11.5 Å². The van der Waals surface area contributed by atoms with Gasteiger partial charge in [-0.05, 0) is 30.3 Å². The van der Waals surface area contributed by atoms with Crippen molar-refractivity contribution in [3.63, 3.8) is 0 Å². The number of anilines is 1. The Morgan fingerprint density at radius 3 is 2.56 bits per heavy atom. The third-order valence-corrected chi connectivity index (χ3v) is 6.66. The van der Waals surface area contributed by atoms with Gasteiger partial charge in [0.05, 0.1) is 35.8 Å². The van der Waals surface area contributed by atoms with Crippen molar-refractivity contribution in [2.75, 3.05) is 45.3 Å². The van der Waals surface area contributed by atoms with Crippen molar-refractivity contribution in [2.24, 2.45) is 0 Å². The van der Waals surface area contributed by atoms with Crippen LogP contribution in [0.15, 0.2) is 41.3 Å². The van der Waals surface area contributed by atoms with E-state index in [1.54, 1.807) is 12.1 Å². The second kappa shape index (κ2) is 10.1. The van der Waals surface area contributed by atoms with E-state index >= 15 is 0 Å². The standard InChI is InChI=1S/C19H20ClN3O8S/c1-29-17-4-2-13(20)10-15(17)21-19(24)12-31-18-5-3-14(11-16(18)23(25)26)32(27,28)22-6-8-30-9-7-22/h2-5,10-11H,6-9,12H2,1H3,(H,21,24). The number of hydrogen-bond acceptors (Lipinski definition) is 8. The zero-order valence-corrected chi connectivity index (χ0v) is 18.5. The highest BCUT2D eigenvalue weighted by Crippen LogP contribution is 2.31. The van der Waals surface area contributed by atoms with Crippen LogP contribution in [0.25, 0.3) is 0 Å². The van der Waals surface area contributed by atoms with Crippen LogP contribution < -0.4 is 14.8 Å². The molecule has 1 saturated heterocycles. The third-order valence-electron chi connectivity index (χ3n) is 4.53. The highest BCUT2D eigenvalue weighted by molar-refractivity contribution is 7.89. The lowest BCUT2D eigenvalue weighted by atomic mass is 10.3. The van der Waals surface area contributed by atoms with Crippen LogP contribution in [0.4, 0.5) is 11.4 Å². The molecule has 1 fully saturated rings. The van der Waals surface area contributed by atoms with E-state index in [-0.39, 0.29) is 36.9 Å². The molecule has 2 aromatic carbocycles. The van der Waals surface area contributed by atoms with Gasteiger partial charge in [0.25, 0.3) is 5.91 Å². The number of rotatable bonds is 8. The molecule has 1 aliphatic heterocycles. The lowest BCUT2D eigenvalue weighted by Gasteiger charge is -2.26. The number of methoxy groups -OCH3 is 1. The first kappa shape index (κ1) is 23.7. The number of carbonyl (C=O) groups excluding carboxylic acids is 1. The number of morpholine rings is 1. The molecule has 0 aromatic heterocycles. The normalized spacial score (nSPS) is 14.6. The zero-order chi connectivity index (χ0) is 23.3. The fraction of sp³-hybridized carbons (Fsp3) is 0.316.